The van der Waals surface area contributed by atoms with Crippen LogP contribution in [0.4, 0.5) is 0 Å². The highest BCUT2D eigenvalue weighted by molar-refractivity contribution is 5.82. The van der Waals surface area contributed by atoms with E-state index in [1.165, 1.54) is 4.52 Å². The summed E-state index contributed by atoms with van der Waals surface area (Å²) < 4.78 is 7.03. The van der Waals surface area contributed by atoms with Gasteiger partial charge in [-0.15, -0.1) is 0 Å². The van der Waals surface area contributed by atoms with Gasteiger partial charge in [-0.25, -0.2) is 9.50 Å². The number of nitrogens with one attached hydrogen (secondary N) is 1. The first-order valence-corrected chi connectivity index (χ1v) is 8.57. The van der Waals surface area contributed by atoms with Gasteiger partial charge in [-0.1, -0.05) is 0 Å². The van der Waals surface area contributed by atoms with Gasteiger partial charge in [0.05, 0.1) is 11.7 Å². The number of likely N-dealkylation sites (tertiary alicyclic amines) is 1. The van der Waals surface area contributed by atoms with Crippen LogP contribution in [0, 0.1) is 13.8 Å². The molecule has 2 atom stereocenters. The molecule has 1 amide bonds. The molecule has 0 unspecified atom stereocenters. The van der Waals surface area contributed by atoms with E-state index in [9.17, 15) is 9.59 Å². The van der Waals surface area contributed by atoms with E-state index in [4.69, 9.17) is 4.74 Å². The van der Waals surface area contributed by atoms with Crippen LogP contribution in [0.3, 0.4) is 0 Å². The Morgan fingerprint density at radius 3 is 2.92 bits per heavy atom. The summed E-state index contributed by atoms with van der Waals surface area (Å²) in [4.78, 5) is 31.5. The average Bonchev–Trinajstić information content (AvgIpc) is 3.30. The number of carbonyl (C=O) groups is 1. The van der Waals surface area contributed by atoms with E-state index in [0.717, 1.165) is 43.6 Å². The molecule has 2 aromatic rings. The molecule has 1 N–H and O–H groups in total. The zero-order valence-corrected chi connectivity index (χ0v) is 14.0. The number of fused-ring (bicyclic) bond motifs is 1. The van der Waals surface area contributed by atoms with E-state index in [2.05, 4.69) is 10.1 Å². The van der Waals surface area contributed by atoms with Crippen molar-refractivity contribution in [3.05, 3.63) is 33.4 Å². The van der Waals surface area contributed by atoms with Crippen LogP contribution >= 0.6 is 0 Å². The molecular weight excluding hydrogens is 308 g/mol. The van der Waals surface area contributed by atoms with E-state index in [1.54, 1.807) is 6.92 Å². The highest BCUT2D eigenvalue weighted by Gasteiger charge is 2.36. The van der Waals surface area contributed by atoms with Gasteiger partial charge in [0.15, 0.2) is 5.65 Å². The molecule has 4 heterocycles. The molecule has 2 saturated heterocycles. The van der Waals surface area contributed by atoms with Gasteiger partial charge in [-0.2, -0.15) is 0 Å². The Morgan fingerprint density at radius 2 is 2.17 bits per heavy atom. The van der Waals surface area contributed by atoms with E-state index >= 15 is 0 Å². The van der Waals surface area contributed by atoms with Crippen LogP contribution < -0.4 is 5.56 Å². The van der Waals surface area contributed by atoms with Gasteiger partial charge in [0.25, 0.3) is 11.5 Å². The number of nitrogens with zero attached hydrogens (tertiary/aromatic N) is 3. The minimum atomic E-state index is -0.305. The fraction of sp³-hybridized carbons (Fsp3) is 0.588. The predicted molar refractivity (Wildman–Crippen MR) is 87.9 cm³/mol. The largest absolute Gasteiger partial charge is 0.368 e. The highest BCUT2D eigenvalue weighted by Crippen LogP contribution is 2.33. The average molecular weight is 330 g/mol. The van der Waals surface area contributed by atoms with Crippen LogP contribution in [0.25, 0.3) is 5.65 Å². The van der Waals surface area contributed by atoms with Crippen molar-refractivity contribution in [1.29, 1.82) is 0 Å². The molecule has 2 aliphatic rings. The molecule has 4 rings (SSSR count). The third-order valence-electron chi connectivity index (χ3n) is 5.20. The van der Waals surface area contributed by atoms with Crippen molar-refractivity contribution in [1.82, 2.24) is 19.5 Å². The van der Waals surface area contributed by atoms with Crippen molar-refractivity contribution in [3.8, 4) is 0 Å². The monoisotopic (exact) mass is 330 g/mol. The van der Waals surface area contributed by atoms with Gasteiger partial charge in [-0.05, 0) is 39.5 Å². The van der Waals surface area contributed by atoms with Crippen LogP contribution in [0.5, 0.6) is 0 Å². The van der Waals surface area contributed by atoms with Gasteiger partial charge in [0.2, 0.25) is 0 Å². The molecule has 7 nitrogen and oxygen atoms in total. The van der Waals surface area contributed by atoms with Crippen molar-refractivity contribution in [2.24, 2.45) is 0 Å². The standard InChI is InChI=1S/C17H22N4O3/c1-10-11(2)18-15-9-12(19-21(15)16(10)22)13-5-3-7-20(13)17(23)14-6-4-8-24-14/h9,13-14,19H,3-8H2,1-2H3/t13-,14-/m0/s1. The maximum absolute atomic E-state index is 12.7. The molecule has 0 spiro atoms. The molecule has 2 aliphatic heterocycles. The third kappa shape index (κ3) is 2.34. The second-order valence-electron chi connectivity index (χ2n) is 6.72. The number of H-pyrrole nitrogens is 1. The first-order chi connectivity index (χ1) is 11.6. The van der Waals surface area contributed by atoms with Crippen LogP contribution in [-0.4, -0.2) is 44.7 Å². The molecule has 2 fully saturated rings. The normalized spacial score (nSPS) is 24.2. The third-order valence-corrected chi connectivity index (χ3v) is 5.20. The second-order valence-corrected chi connectivity index (χ2v) is 6.72. The number of aryl methyl sites for hydroxylation is 1. The number of rotatable bonds is 2. The van der Waals surface area contributed by atoms with Crippen molar-refractivity contribution in [2.45, 2.75) is 51.7 Å². The van der Waals surface area contributed by atoms with Gasteiger partial charge in [0, 0.05) is 30.5 Å². The minimum Gasteiger partial charge on any atom is -0.368 e. The van der Waals surface area contributed by atoms with Crippen molar-refractivity contribution < 1.29 is 9.53 Å². The minimum absolute atomic E-state index is 0.0385. The van der Waals surface area contributed by atoms with E-state index in [-0.39, 0.29) is 23.6 Å². The van der Waals surface area contributed by atoms with E-state index in [0.29, 0.717) is 17.8 Å². The zero-order chi connectivity index (χ0) is 16.8. The van der Waals surface area contributed by atoms with Gasteiger partial charge >= 0.3 is 0 Å². The topological polar surface area (TPSA) is 79.7 Å². The summed E-state index contributed by atoms with van der Waals surface area (Å²) >= 11 is 0. The fourth-order valence-electron chi connectivity index (χ4n) is 3.72. The van der Waals surface area contributed by atoms with Crippen LogP contribution in [0.15, 0.2) is 10.9 Å². The number of ether oxygens (including phenoxy) is 1. The summed E-state index contributed by atoms with van der Waals surface area (Å²) in [6.07, 6.45) is 3.28. The molecule has 0 radical (unpaired) electrons. The molecule has 0 saturated carbocycles. The molecule has 24 heavy (non-hydrogen) atoms. The summed E-state index contributed by atoms with van der Waals surface area (Å²) in [5, 5.41) is 3.16. The Labute approximate surface area is 139 Å². The van der Waals surface area contributed by atoms with Crippen molar-refractivity contribution in [2.75, 3.05) is 13.2 Å². The number of carbonyl (C=O) groups excluding carboxylic acids is 1. The van der Waals surface area contributed by atoms with Crippen molar-refractivity contribution in [3.63, 3.8) is 0 Å². The fourth-order valence-corrected chi connectivity index (χ4v) is 3.72. The molecular formula is C17H22N4O3. The molecule has 0 aromatic carbocycles. The molecule has 0 bridgehead atoms. The predicted octanol–water partition coefficient (Wildman–Crippen LogP) is 1.48. The summed E-state index contributed by atoms with van der Waals surface area (Å²) in [6.45, 7) is 5.02. The Bertz CT molecular complexity index is 847. The summed E-state index contributed by atoms with van der Waals surface area (Å²) in [7, 11) is 0. The lowest BCUT2D eigenvalue weighted by Gasteiger charge is -2.26. The first kappa shape index (κ1) is 15.4. The van der Waals surface area contributed by atoms with Gasteiger partial charge < -0.3 is 9.64 Å². The van der Waals surface area contributed by atoms with Gasteiger partial charge in [-0.3, -0.25) is 14.7 Å². The Hall–Kier alpha value is -2.15. The summed E-state index contributed by atoms with van der Waals surface area (Å²) in [5.41, 5.74) is 2.77. The van der Waals surface area contributed by atoms with Crippen LogP contribution in [0.1, 0.15) is 48.7 Å². The number of amides is 1. The Kier molecular flexibility index (Phi) is 3.68. The van der Waals surface area contributed by atoms with Crippen LogP contribution in [-0.2, 0) is 9.53 Å². The first-order valence-electron chi connectivity index (χ1n) is 8.57. The number of aromatic nitrogens is 3. The van der Waals surface area contributed by atoms with Crippen molar-refractivity contribution >= 4 is 11.6 Å². The molecule has 7 heteroatoms. The smallest absolute Gasteiger partial charge is 0.275 e. The maximum atomic E-state index is 12.7. The summed E-state index contributed by atoms with van der Waals surface area (Å²) in [6, 6.07) is 1.85. The van der Waals surface area contributed by atoms with Gasteiger partial charge in [0.1, 0.15) is 6.10 Å². The lowest BCUT2D eigenvalue weighted by atomic mass is 10.1. The van der Waals surface area contributed by atoms with E-state index in [1.807, 2.05) is 17.9 Å². The number of hydrogen-bond acceptors (Lipinski definition) is 4. The second kappa shape index (κ2) is 5.73. The molecule has 2 aromatic heterocycles. The Morgan fingerprint density at radius 1 is 1.33 bits per heavy atom. The number of hydrogen-bond donors (Lipinski definition) is 1. The van der Waals surface area contributed by atoms with E-state index < -0.39 is 0 Å². The Balaban J connectivity index is 1.69. The lowest BCUT2D eigenvalue weighted by Crippen LogP contribution is -2.38. The zero-order valence-electron chi connectivity index (χ0n) is 14.0. The SMILES string of the molecule is Cc1nc2cc([C@@H]3CCCN3C(=O)[C@@H]3CCCO3)[nH]n2c(=O)c1C. The molecule has 0 aliphatic carbocycles. The maximum Gasteiger partial charge on any atom is 0.275 e. The lowest BCUT2D eigenvalue weighted by molar-refractivity contribution is -0.142. The quantitative estimate of drug-likeness (QED) is 0.904. The molecule has 128 valence electrons. The number of aromatic amines is 1. The summed E-state index contributed by atoms with van der Waals surface area (Å²) in [5.74, 6) is 0.0707. The van der Waals surface area contributed by atoms with Crippen LogP contribution in [0.2, 0.25) is 0 Å². The highest BCUT2D eigenvalue weighted by atomic mass is 16.5.